The Morgan fingerprint density at radius 3 is 2.38 bits per heavy atom. The van der Waals surface area contributed by atoms with Crippen molar-refractivity contribution < 1.29 is 24.2 Å². The summed E-state index contributed by atoms with van der Waals surface area (Å²) in [4.78, 5) is 47.8. The molecule has 1 aromatic carbocycles. The topological polar surface area (TPSA) is 189 Å². The largest absolute Gasteiger partial charge is 0.444 e. The van der Waals surface area contributed by atoms with Crippen LogP contribution in [-0.2, 0) is 34.2 Å². The maximum Gasteiger partial charge on any atom is 0.408 e. The molecule has 3 amide bonds. The Morgan fingerprint density at radius 1 is 1.04 bits per heavy atom. The molecular formula is C32H47N9O5S. The molecule has 4 atom stereocenters. The van der Waals surface area contributed by atoms with Crippen LogP contribution in [0.4, 0.5) is 4.79 Å². The van der Waals surface area contributed by atoms with E-state index < -0.39 is 47.7 Å². The van der Waals surface area contributed by atoms with Crippen LogP contribution in [0, 0.1) is 5.92 Å². The van der Waals surface area contributed by atoms with Crippen molar-refractivity contribution in [1.29, 1.82) is 0 Å². The predicted molar refractivity (Wildman–Crippen MR) is 176 cm³/mol. The van der Waals surface area contributed by atoms with Gasteiger partial charge in [-0.15, -0.1) is 5.10 Å². The number of carbonyl (C=O) groups is 3. The highest BCUT2D eigenvalue weighted by molar-refractivity contribution is 7.99. The lowest BCUT2D eigenvalue weighted by atomic mass is 9.83. The molecule has 47 heavy (non-hydrogen) atoms. The standard InChI is InChI=1S/C32H47N9O5S/c1-32(2,3)46-31(45)37-25(16-22-13-9-6-10-14-22)28(43)36-26(17-23-18-33-20-34-23)29(44)35-24(15-21-11-7-5-8-12-21)27(42)19-47-30-38-39-40-41(30)4/h6,9-10,13-14,18,20-21,24-27,42H,5,7-8,11-12,15-17,19H2,1-4H3,(H,33,34)(H,35,44)(H,36,43)(H,37,45)/t24?,25-,26-,27?/m0/s1. The monoisotopic (exact) mass is 669 g/mol. The molecule has 2 unspecified atom stereocenters. The van der Waals surface area contributed by atoms with Gasteiger partial charge in [0, 0.05) is 31.8 Å². The fraction of sp³-hybridized carbons (Fsp3) is 0.594. The molecule has 0 spiro atoms. The van der Waals surface area contributed by atoms with E-state index in [0.717, 1.165) is 31.2 Å². The Balaban J connectivity index is 1.52. The smallest absolute Gasteiger partial charge is 0.408 e. The Hall–Kier alpha value is -3.98. The second-order valence-electron chi connectivity index (χ2n) is 13.0. The summed E-state index contributed by atoms with van der Waals surface area (Å²) < 4.78 is 6.96. The molecule has 4 rings (SSSR count). The summed E-state index contributed by atoms with van der Waals surface area (Å²) in [5.41, 5.74) is 0.624. The van der Waals surface area contributed by atoms with Gasteiger partial charge in [-0.25, -0.2) is 14.5 Å². The van der Waals surface area contributed by atoms with Gasteiger partial charge in [-0.1, -0.05) is 74.2 Å². The third-order valence-electron chi connectivity index (χ3n) is 7.96. The third kappa shape index (κ3) is 12.0. The maximum absolute atomic E-state index is 14.0. The molecule has 1 fully saturated rings. The number of aliphatic hydroxyl groups is 1. The van der Waals surface area contributed by atoms with Crippen molar-refractivity contribution in [2.75, 3.05) is 5.75 Å². The number of benzene rings is 1. The van der Waals surface area contributed by atoms with E-state index in [9.17, 15) is 19.5 Å². The minimum Gasteiger partial charge on any atom is -0.444 e. The number of ether oxygens (including phenoxy) is 1. The Labute approximate surface area is 279 Å². The predicted octanol–water partition coefficient (Wildman–Crippen LogP) is 2.70. The zero-order valence-electron chi connectivity index (χ0n) is 27.5. The molecule has 0 aliphatic heterocycles. The number of aliphatic hydroxyl groups excluding tert-OH is 1. The first kappa shape index (κ1) is 35.9. The van der Waals surface area contributed by atoms with Crippen LogP contribution in [0.25, 0.3) is 0 Å². The van der Waals surface area contributed by atoms with E-state index >= 15 is 0 Å². The first-order chi connectivity index (χ1) is 22.5. The van der Waals surface area contributed by atoms with Gasteiger partial charge in [0.15, 0.2) is 0 Å². The van der Waals surface area contributed by atoms with E-state index in [4.69, 9.17) is 4.74 Å². The van der Waals surface area contributed by atoms with Gasteiger partial charge >= 0.3 is 6.09 Å². The van der Waals surface area contributed by atoms with Gasteiger partial charge in [-0.05, 0) is 49.1 Å². The number of alkyl carbamates (subject to hydrolysis) is 1. The number of hydrogen-bond donors (Lipinski definition) is 5. The van der Waals surface area contributed by atoms with Gasteiger partial charge < -0.3 is 30.8 Å². The van der Waals surface area contributed by atoms with Crippen LogP contribution in [0.5, 0.6) is 0 Å². The summed E-state index contributed by atoms with van der Waals surface area (Å²) in [5.74, 6) is -0.383. The number of nitrogens with zero attached hydrogens (tertiary/aromatic N) is 5. The van der Waals surface area contributed by atoms with Gasteiger partial charge in [0.05, 0.1) is 24.2 Å². The minimum absolute atomic E-state index is 0.0944. The number of tetrazole rings is 1. The minimum atomic E-state index is -1.04. The van der Waals surface area contributed by atoms with Gasteiger partial charge in [0.2, 0.25) is 17.0 Å². The molecule has 1 saturated carbocycles. The molecule has 14 nitrogen and oxygen atoms in total. The highest BCUT2D eigenvalue weighted by Crippen LogP contribution is 2.29. The van der Waals surface area contributed by atoms with Crippen LogP contribution >= 0.6 is 11.8 Å². The van der Waals surface area contributed by atoms with Crippen LogP contribution in [0.1, 0.15) is 70.6 Å². The molecule has 5 N–H and O–H groups in total. The highest BCUT2D eigenvalue weighted by Gasteiger charge is 2.33. The molecule has 15 heteroatoms. The molecule has 0 bridgehead atoms. The van der Waals surface area contributed by atoms with Crippen molar-refractivity contribution in [3.8, 4) is 0 Å². The van der Waals surface area contributed by atoms with Gasteiger partial charge in [-0.3, -0.25) is 9.59 Å². The van der Waals surface area contributed by atoms with E-state index in [-0.39, 0.29) is 18.6 Å². The van der Waals surface area contributed by atoms with E-state index in [0.29, 0.717) is 23.2 Å². The van der Waals surface area contributed by atoms with Crippen molar-refractivity contribution in [3.05, 3.63) is 54.1 Å². The molecule has 3 aromatic rings. The first-order valence-electron chi connectivity index (χ1n) is 16.1. The van der Waals surface area contributed by atoms with Crippen LogP contribution < -0.4 is 16.0 Å². The maximum atomic E-state index is 14.0. The van der Waals surface area contributed by atoms with Crippen LogP contribution in [-0.4, -0.2) is 88.8 Å². The van der Waals surface area contributed by atoms with Gasteiger partial charge in [0.25, 0.3) is 0 Å². The summed E-state index contributed by atoms with van der Waals surface area (Å²) in [6.45, 7) is 5.22. The fourth-order valence-corrected chi connectivity index (χ4v) is 6.47. The molecule has 1 aliphatic carbocycles. The van der Waals surface area contributed by atoms with Crippen molar-refractivity contribution in [1.82, 2.24) is 46.1 Å². The Morgan fingerprint density at radius 2 is 1.74 bits per heavy atom. The highest BCUT2D eigenvalue weighted by atomic mass is 32.2. The SMILES string of the molecule is Cn1nnnc1SCC(O)C(CC1CCCCC1)NC(=O)[C@H](Cc1c[nH]cn1)NC(=O)[C@H](Cc1ccccc1)NC(=O)OC(C)(C)C. The van der Waals surface area contributed by atoms with E-state index in [2.05, 4.69) is 41.4 Å². The molecule has 0 radical (unpaired) electrons. The second-order valence-corrected chi connectivity index (χ2v) is 14.0. The average Bonchev–Trinajstić information content (AvgIpc) is 3.70. The second kappa shape index (κ2) is 17.3. The van der Waals surface area contributed by atoms with Crippen molar-refractivity contribution in [3.63, 3.8) is 0 Å². The van der Waals surface area contributed by atoms with Crippen molar-refractivity contribution in [2.24, 2.45) is 13.0 Å². The number of hydrogen-bond acceptors (Lipinski definition) is 10. The number of nitrogens with one attached hydrogen (secondary N) is 4. The van der Waals surface area contributed by atoms with E-state index in [1.165, 1.54) is 29.2 Å². The summed E-state index contributed by atoms with van der Waals surface area (Å²) in [6.07, 6.45) is 7.88. The normalized spacial score (nSPS) is 16.4. The molecule has 2 heterocycles. The quantitative estimate of drug-likeness (QED) is 0.151. The number of imidazole rings is 1. The summed E-state index contributed by atoms with van der Waals surface area (Å²) in [7, 11) is 1.72. The van der Waals surface area contributed by atoms with Crippen LogP contribution in [0.2, 0.25) is 0 Å². The van der Waals surface area contributed by atoms with E-state index in [1.807, 2.05) is 30.3 Å². The van der Waals surface area contributed by atoms with Gasteiger partial charge in [-0.2, -0.15) is 0 Å². The number of aromatic amines is 1. The summed E-state index contributed by atoms with van der Waals surface area (Å²) >= 11 is 1.31. The number of aryl methyl sites for hydroxylation is 1. The fourth-order valence-electron chi connectivity index (χ4n) is 5.60. The number of aromatic nitrogens is 6. The number of H-pyrrole nitrogens is 1. The van der Waals surface area contributed by atoms with Crippen molar-refractivity contribution in [2.45, 2.75) is 107 Å². The van der Waals surface area contributed by atoms with Gasteiger partial charge in [0.1, 0.15) is 17.7 Å². The Kier molecular flexibility index (Phi) is 13.2. The third-order valence-corrected chi connectivity index (χ3v) is 9.07. The first-order valence-corrected chi connectivity index (χ1v) is 17.1. The molecular weight excluding hydrogens is 622 g/mol. The average molecular weight is 670 g/mol. The molecule has 0 saturated heterocycles. The zero-order valence-corrected chi connectivity index (χ0v) is 28.3. The lowest BCUT2D eigenvalue weighted by Gasteiger charge is -2.31. The summed E-state index contributed by atoms with van der Waals surface area (Å²) in [6, 6.07) is 6.64. The van der Waals surface area contributed by atoms with Crippen molar-refractivity contribution >= 4 is 29.7 Å². The van der Waals surface area contributed by atoms with E-state index in [1.54, 1.807) is 34.0 Å². The summed E-state index contributed by atoms with van der Waals surface area (Å²) in [5, 5.41) is 32.0. The zero-order chi connectivity index (χ0) is 33.8. The number of rotatable bonds is 15. The number of carbonyl (C=O) groups excluding carboxylic acids is 3. The lowest BCUT2D eigenvalue weighted by molar-refractivity contribution is -0.130. The van der Waals surface area contributed by atoms with Crippen LogP contribution in [0.15, 0.2) is 48.0 Å². The molecule has 1 aliphatic rings. The molecule has 256 valence electrons. The Bertz CT molecular complexity index is 1410. The number of thioether (sulfide) groups is 1. The lowest BCUT2D eigenvalue weighted by Crippen LogP contribution is -2.58. The number of amides is 3. The molecule has 2 aromatic heterocycles. The van der Waals surface area contributed by atoms with Crippen LogP contribution in [0.3, 0.4) is 0 Å².